The third-order valence-electron chi connectivity index (χ3n) is 3.83. The number of nitro benzene ring substituents is 1. The molecule has 2 heterocycles. The highest BCUT2D eigenvalue weighted by molar-refractivity contribution is 5.85. The van der Waals surface area contributed by atoms with Crippen LogP contribution in [0.15, 0.2) is 24.3 Å². The van der Waals surface area contributed by atoms with Crippen LogP contribution in [0.3, 0.4) is 0 Å². The first kappa shape index (κ1) is 18.0. The highest BCUT2D eigenvalue weighted by atomic mass is 35.5. The molecule has 8 nitrogen and oxygen atoms in total. The highest BCUT2D eigenvalue weighted by Crippen LogP contribution is 2.43. The maximum atomic E-state index is 12.8. The van der Waals surface area contributed by atoms with Crippen LogP contribution < -0.4 is 4.73 Å². The van der Waals surface area contributed by atoms with Crippen molar-refractivity contribution >= 4 is 18.1 Å². The molecule has 1 aromatic heterocycles. The van der Waals surface area contributed by atoms with Crippen LogP contribution in [0.4, 0.5) is 5.69 Å². The monoisotopic (exact) mass is 352 g/mol. The Balaban J connectivity index is 0.00000208. The molecule has 0 bridgehead atoms. The van der Waals surface area contributed by atoms with E-state index in [4.69, 9.17) is 4.74 Å². The summed E-state index contributed by atoms with van der Waals surface area (Å²) in [5.41, 5.74) is -0.470. The zero-order chi connectivity index (χ0) is 17.0. The van der Waals surface area contributed by atoms with Crippen molar-refractivity contribution < 1.29 is 14.4 Å². The number of non-ortho nitro benzene ring substituents is 1. The second-order valence-corrected chi connectivity index (χ2v) is 6.45. The van der Waals surface area contributed by atoms with Gasteiger partial charge in [0.1, 0.15) is 11.2 Å². The Morgan fingerprint density at radius 2 is 1.83 bits per heavy atom. The van der Waals surface area contributed by atoms with Gasteiger partial charge < -0.3 is 9.94 Å². The predicted octanol–water partition coefficient (Wildman–Crippen LogP) is 2.61. The molecule has 3 rings (SSSR count). The molecule has 0 atom stereocenters. The van der Waals surface area contributed by atoms with Crippen LogP contribution in [0, 0.1) is 15.3 Å². The largest absolute Gasteiger partial charge is 0.710 e. The van der Waals surface area contributed by atoms with Crippen molar-refractivity contribution in [1.29, 1.82) is 0 Å². The first-order valence-electron chi connectivity index (χ1n) is 7.10. The maximum absolute atomic E-state index is 12.8. The number of ether oxygens (including phenoxy) is 1. The Bertz CT molecular complexity index is 823. The molecule has 2 aromatic rings. The lowest BCUT2D eigenvalue weighted by molar-refractivity contribution is -0.612. The summed E-state index contributed by atoms with van der Waals surface area (Å²) >= 11 is 0. The number of fused-ring (bicyclic) bond motifs is 1. The number of hydrogen-bond acceptors (Lipinski definition) is 6. The van der Waals surface area contributed by atoms with Gasteiger partial charge in [-0.15, -0.1) is 12.4 Å². The first-order valence-corrected chi connectivity index (χ1v) is 7.10. The third kappa shape index (κ3) is 2.67. The number of benzene rings is 1. The van der Waals surface area contributed by atoms with Gasteiger partial charge in [-0.25, -0.2) is 4.73 Å². The molecule has 1 aromatic carbocycles. The Morgan fingerprint density at radius 3 is 2.46 bits per heavy atom. The Hall–Kier alpha value is -2.32. The quantitative estimate of drug-likeness (QED) is 0.356. The van der Waals surface area contributed by atoms with Crippen LogP contribution in [0.5, 0.6) is 0 Å². The van der Waals surface area contributed by atoms with E-state index in [0.29, 0.717) is 21.7 Å². The first-order chi connectivity index (χ1) is 10.6. The summed E-state index contributed by atoms with van der Waals surface area (Å²) in [6.45, 7) is 7.21. The van der Waals surface area contributed by atoms with E-state index in [9.17, 15) is 15.3 Å². The summed E-state index contributed by atoms with van der Waals surface area (Å²) in [6.07, 6.45) is 0. The van der Waals surface area contributed by atoms with Crippen molar-refractivity contribution in [1.82, 2.24) is 10.2 Å². The van der Waals surface area contributed by atoms with Gasteiger partial charge in [0.2, 0.25) is 0 Å². The fourth-order valence-corrected chi connectivity index (χ4v) is 2.99. The lowest BCUT2D eigenvalue weighted by Gasteiger charge is -2.23. The molecule has 0 N–H and O–H groups in total. The Kier molecular flexibility index (Phi) is 4.24. The zero-order valence-electron chi connectivity index (χ0n) is 13.6. The van der Waals surface area contributed by atoms with Crippen molar-refractivity contribution in [2.75, 3.05) is 0 Å². The number of aromatic nitrogens is 3. The van der Waals surface area contributed by atoms with Crippen molar-refractivity contribution in [2.24, 2.45) is 0 Å². The number of rotatable bonds is 2. The zero-order valence-corrected chi connectivity index (χ0v) is 14.5. The normalized spacial score (nSPS) is 17.0. The van der Waals surface area contributed by atoms with E-state index < -0.39 is 16.1 Å². The van der Waals surface area contributed by atoms with Gasteiger partial charge in [0, 0.05) is 12.1 Å². The van der Waals surface area contributed by atoms with Gasteiger partial charge in [-0.1, -0.05) is 6.07 Å². The van der Waals surface area contributed by atoms with E-state index in [-0.39, 0.29) is 23.9 Å². The minimum atomic E-state index is -0.827. The van der Waals surface area contributed by atoms with Crippen molar-refractivity contribution in [3.63, 3.8) is 0 Å². The SMILES string of the molecule is CC1(C)OC(C)(C)c2c1nnc(-c1cccc([N+](=O)[O-])c1)[n+]2[O-].Cl. The van der Waals surface area contributed by atoms with Gasteiger partial charge in [0.25, 0.3) is 5.69 Å². The van der Waals surface area contributed by atoms with Gasteiger partial charge in [-0.2, -0.15) is 0 Å². The molecular formula is C15H17ClN4O4. The number of nitrogens with zero attached hydrogens (tertiary/aromatic N) is 4. The minimum Gasteiger partial charge on any atom is -0.710 e. The van der Waals surface area contributed by atoms with Gasteiger partial charge >= 0.3 is 5.82 Å². The Labute approximate surface area is 144 Å². The molecule has 0 aliphatic carbocycles. The summed E-state index contributed by atoms with van der Waals surface area (Å²) in [6, 6.07) is 5.76. The molecule has 0 spiro atoms. The van der Waals surface area contributed by atoms with Gasteiger partial charge in [0.05, 0.1) is 15.6 Å². The van der Waals surface area contributed by atoms with E-state index in [1.165, 1.54) is 18.2 Å². The van der Waals surface area contributed by atoms with Crippen LogP contribution in [-0.4, -0.2) is 15.1 Å². The third-order valence-corrected chi connectivity index (χ3v) is 3.83. The smallest absolute Gasteiger partial charge is 0.361 e. The molecule has 9 heteroatoms. The van der Waals surface area contributed by atoms with E-state index in [2.05, 4.69) is 10.2 Å². The van der Waals surface area contributed by atoms with E-state index >= 15 is 0 Å². The minimum absolute atomic E-state index is 0. The molecule has 24 heavy (non-hydrogen) atoms. The lowest BCUT2D eigenvalue weighted by Crippen LogP contribution is -2.42. The van der Waals surface area contributed by atoms with Gasteiger partial charge in [-0.05, 0) is 38.9 Å². The molecule has 1 aliphatic rings. The second kappa shape index (κ2) is 5.64. The predicted molar refractivity (Wildman–Crippen MR) is 87.5 cm³/mol. The molecular weight excluding hydrogens is 336 g/mol. The summed E-state index contributed by atoms with van der Waals surface area (Å²) in [5, 5.41) is 31.9. The Morgan fingerprint density at radius 1 is 1.17 bits per heavy atom. The summed E-state index contributed by atoms with van der Waals surface area (Å²) in [5.74, 6) is 0.0156. The summed E-state index contributed by atoms with van der Waals surface area (Å²) in [4.78, 5) is 10.4. The average molecular weight is 353 g/mol. The number of hydrogen-bond donors (Lipinski definition) is 0. The van der Waals surface area contributed by atoms with Crippen molar-refractivity contribution in [3.05, 3.63) is 51.0 Å². The molecule has 0 radical (unpaired) electrons. The standard InChI is InChI=1S/C15H16N4O4.ClH/c1-14(2)11-12(15(3,4)23-14)18(20)13(17-16-11)9-6-5-7-10(8-9)19(21)22;/h5-8H,1-4H3;1H. The van der Waals surface area contributed by atoms with Crippen molar-refractivity contribution in [2.45, 2.75) is 38.9 Å². The van der Waals surface area contributed by atoms with E-state index in [0.717, 1.165) is 0 Å². The van der Waals surface area contributed by atoms with Crippen LogP contribution >= 0.6 is 12.4 Å². The fraction of sp³-hybridized carbons (Fsp3) is 0.400. The highest BCUT2D eigenvalue weighted by Gasteiger charge is 2.50. The molecule has 0 saturated carbocycles. The average Bonchev–Trinajstić information content (AvgIpc) is 2.64. The topological polar surface area (TPSA) is 105 Å². The second-order valence-electron chi connectivity index (χ2n) is 6.45. The molecule has 0 unspecified atom stereocenters. The van der Waals surface area contributed by atoms with Crippen LogP contribution in [0.2, 0.25) is 0 Å². The molecule has 0 saturated heterocycles. The van der Waals surface area contributed by atoms with Crippen LogP contribution in [-0.2, 0) is 15.9 Å². The summed E-state index contributed by atoms with van der Waals surface area (Å²) < 4.78 is 6.57. The van der Waals surface area contributed by atoms with Crippen LogP contribution in [0.1, 0.15) is 39.1 Å². The number of halogens is 1. The van der Waals surface area contributed by atoms with Gasteiger partial charge in [-0.3, -0.25) is 10.1 Å². The summed E-state index contributed by atoms with van der Waals surface area (Å²) in [7, 11) is 0. The molecule has 1 aliphatic heterocycles. The molecule has 128 valence electrons. The molecule has 0 amide bonds. The number of nitro groups is 1. The lowest BCUT2D eigenvalue weighted by atomic mass is 10.0. The fourth-order valence-electron chi connectivity index (χ4n) is 2.99. The molecule has 0 fully saturated rings. The maximum Gasteiger partial charge on any atom is 0.361 e. The van der Waals surface area contributed by atoms with E-state index in [1.807, 2.05) is 13.8 Å². The van der Waals surface area contributed by atoms with Crippen molar-refractivity contribution in [3.8, 4) is 11.4 Å². The van der Waals surface area contributed by atoms with Crippen LogP contribution in [0.25, 0.3) is 11.4 Å². The van der Waals surface area contributed by atoms with E-state index in [1.54, 1.807) is 19.9 Å². The van der Waals surface area contributed by atoms with Gasteiger partial charge in [0.15, 0.2) is 11.4 Å².